The third-order valence-electron chi connectivity index (χ3n) is 2.85. The normalized spacial score (nSPS) is 19.8. The van der Waals surface area contributed by atoms with E-state index in [0.717, 1.165) is 0 Å². The molecule has 1 heterocycles. The quantitative estimate of drug-likeness (QED) is 0.674. The molecule has 1 aromatic rings. The number of nitrogen functional groups attached to an aromatic ring is 1. The van der Waals surface area contributed by atoms with E-state index in [1.807, 2.05) is 0 Å². The van der Waals surface area contributed by atoms with Crippen LogP contribution in [-0.2, 0) is 4.79 Å². The molecule has 1 fully saturated rings. The van der Waals surface area contributed by atoms with Crippen LogP contribution in [0.4, 0.5) is 15.8 Å². The van der Waals surface area contributed by atoms with Gasteiger partial charge in [0.25, 0.3) is 0 Å². The summed E-state index contributed by atoms with van der Waals surface area (Å²) in [7, 11) is 0. The van der Waals surface area contributed by atoms with Crippen LogP contribution in [0.3, 0.4) is 0 Å². The number of hydrogen-bond donors (Lipinski definition) is 1. The highest BCUT2D eigenvalue weighted by Gasteiger charge is 2.30. The molecule has 1 amide bonds. The lowest BCUT2D eigenvalue weighted by Crippen LogP contribution is -2.25. The molecule has 1 aromatic carbocycles. The summed E-state index contributed by atoms with van der Waals surface area (Å²) in [4.78, 5) is 13.3. The molecule has 1 saturated heterocycles. The van der Waals surface area contributed by atoms with Crippen molar-refractivity contribution in [3.8, 4) is 0 Å². The van der Waals surface area contributed by atoms with Gasteiger partial charge >= 0.3 is 0 Å². The monoisotopic (exact) mass is 298 g/mol. The highest BCUT2D eigenvalue weighted by Crippen LogP contribution is 2.34. The van der Waals surface area contributed by atoms with Crippen molar-refractivity contribution in [2.24, 2.45) is 5.92 Å². The van der Waals surface area contributed by atoms with Crippen molar-refractivity contribution < 1.29 is 9.18 Å². The van der Waals surface area contributed by atoms with Crippen LogP contribution in [0.5, 0.6) is 0 Å². The number of anilines is 2. The van der Waals surface area contributed by atoms with Gasteiger partial charge in [-0.25, -0.2) is 4.39 Å². The van der Waals surface area contributed by atoms with Crippen LogP contribution >= 0.6 is 15.9 Å². The number of carbonyl (C=O) groups is 1. The SMILES string of the molecule is C=CC1CC(=O)N(c2cc(Br)cc(F)c2N)C1. The van der Waals surface area contributed by atoms with Crippen molar-refractivity contribution in [3.05, 3.63) is 35.1 Å². The minimum atomic E-state index is -0.524. The largest absolute Gasteiger partial charge is 0.395 e. The number of rotatable bonds is 2. The van der Waals surface area contributed by atoms with Crippen LogP contribution < -0.4 is 10.6 Å². The lowest BCUT2D eigenvalue weighted by Gasteiger charge is -2.19. The highest BCUT2D eigenvalue weighted by atomic mass is 79.9. The van der Waals surface area contributed by atoms with E-state index in [-0.39, 0.29) is 17.5 Å². The standard InChI is InChI=1S/C12H12BrFN2O/c1-2-7-3-11(17)16(6-7)10-5-8(13)4-9(14)12(10)15/h2,4-5,7H,1,3,6,15H2. The second-order valence-electron chi connectivity index (χ2n) is 4.02. The summed E-state index contributed by atoms with van der Waals surface area (Å²) in [6.07, 6.45) is 2.14. The van der Waals surface area contributed by atoms with E-state index < -0.39 is 5.82 Å². The fraction of sp³-hybridized carbons (Fsp3) is 0.250. The van der Waals surface area contributed by atoms with Gasteiger partial charge in [0, 0.05) is 23.4 Å². The maximum atomic E-state index is 13.5. The molecule has 0 aliphatic carbocycles. The zero-order valence-electron chi connectivity index (χ0n) is 9.12. The predicted molar refractivity (Wildman–Crippen MR) is 69.2 cm³/mol. The van der Waals surface area contributed by atoms with Crippen molar-refractivity contribution in [3.63, 3.8) is 0 Å². The Morgan fingerprint density at radius 3 is 2.88 bits per heavy atom. The third kappa shape index (κ3) is 2.20. The van der Waals surface area contributed by atoms with Crippen LogP contribution in [0.15, 0.2) is 29.3 Å². The second kappa shape index (κ2) is 4.49. The van der Waals surface area contributed by atoms with E-state index in [1.165, 1.54) is 11.0 Å². The van der Waals surface area contributed by atoms with Crippen molar-refractivity contribution in [2.45, 2.75) is 6.42 Å². The molecule has 0 radical (unpaired) electrons. The Morgan fingerprint density at radius 2 is 2.29 bits per heavy atom. The van der Waals surface area contributed by atoms with E-state index in [1.54, 1.807) is 12.1 Å². The van der Waals surface area contributed by atoms with Gasteiger partial charge in [-0.1, -0.05) is 22.0 Å². The smallest absolute Gasteiger partial charge is 0.227 e. The predicted octanol–water partition coefficient (Wildman–Crippen LogP) is 2.71. The Kier molecular flexibility index (Phi) is 3.19. The molecule has 3 nitrogen and oxygen atoms in total. The molecule has 0 bridgehead atoms. The number of nitrogens with zero attached hydrogens (tertiary/aromatic N) is 1. The molecular formula is C12H12BrFN2O. The highest BCUT2D eigenvalue weighted by molar-refractivity contribution is 9.10. The number of carbonyl (C=O) groups excluding carboxylic acids is 1. The Morgan fingerprint density at radius 1 is 1.59 bits per heavy atom. The molecule has 2 rings (SSSR count). The summed E-state index contributed by atoms with van der Waals surface area (Å²) < 4.78 is 14.1. The van der Waals surface area contributed by atoms with E-state index in [2.05, 4.69) is 22.5 Å². The first-order valence-corrected chi connectivity index (χ1v) is 5.99. The number of nitrogens with two attached hydrogens (primary N) is 1. The number of benzene rings is 1. The molecule has 1 unspecified atom stereocenters. The first-order chi connectivity index (χ1) is 8.02. The summed E-state index contributed by atoms with van der Waals surface area (Å²) in [6.45, 7) is 4.17. The topological polar surface area (TPSA) is 46.3 Å². The maximum Gasteiger partial charge on any atom is 0.227 e. The van der Waals surface area contributed by atoms with E-state index in [9.17, 15) is 9.18 Å². The molecule has 1 aliphatic heterocycles. The third-order valence-corrected chi connectivity index (χ3v) is 3.31. The molecule has 0 aromatic heterocycles. The van der Waals surface area contributed by atoms with Gasteiger partial charge in [0.15, 0.2) is 0 Å². The molecule has 5 heteroatoms. The summed E-state index contributed by atoms with van der Waals surface area (Å²) >= 11 is 3.19. The van der Waals surface area contributed by atoms with Gasteiger partial charge < -0.3 is 10.6 Å². The molecule has 1 atom stereocenters. The van der Waals surface area contributed by atoms with E-state index in [0.29, 0.717) is 23.1 Å². The number of hydrogen-bond acceptors (Lipinski definition) is 2. The fourth-order valence-electron chi connectivity index (χ4n) is 1.92. The van der Waals surface area contributed by atoms with Crippen LogP contribution in [-0.4, -0.2) is 12.5 Å². The van der Waals surface area contributed by atoms with Gasteiger partial charge in [-0.15, -0.1) is 6.58 Å². The summed E-state index contributed by atoms with van der Waals surface area (Å²) in [5.41, 5.74) is 6.09. The molecule has 90 valence electrons. The number of halogens is 2. The average Bonchev–Trinajstić information content (AvgIpc) is 2.65. The Hall–Kier alpha value is -1.36. The summed E-state index contributed by atoms with van der Waals surface area (Å²) in [5, 5.41) is 0. The van der Waals surface area contributed by atoms with E-state index >= 15 is 0 Å². The molecule has 2 N–H and O–H groups in total. The minimum absolute atomic E-state index is 0.00580. The molecule has 0 saturated carbocycles. The summed E-state index contributed by atoms with van der Waals surface area (Å²) in [5.74, 6) is -0.479. The first kappa shape index (κ1) is 12.1. The summed E-state index contributed by atoms with van der Waals surface area (Å²) in [6, 6.07) is 2.94. The van der Waals surface area contributed by atoms with Crippen molar-refractivity contribution >= 4 is 33.2 Å². The van der Waals surface area contributed by atoms with Gasteiger partial charge in [0.2, 0.25) is 5.91 Å². The van der Waals surface area contributed by atoms with Crippen LogP contribution in [0.1, 0.15) is 6.42 Å². The lowest BCUT2D eigenvalue weighted by atomic mass is 10.1. The zero-order chi connectivity index (χ0) is 12.6. The Balaban J connectivity index is 2.41. The van der Waals surface area contributed by atoms with Crippen molar-refractivity contribution in [2.75, 3.05) is 17.2 Å². The van der Waals surface area contributed by atoms with Gasteiger partial charge in [0.1, 0.15) is 5.82 Å². The lowest BCUT2D eigenvalue weighted by molar-refractivity contribution is -0.117. The molecule has 1 aliphatic rings. The van der Waals surface area contributed by atoms with Crippen LogP contribution in [0.25, 0.3) is 0 Å². The zero-order valence-corrected chi connectivity index (χ0v) is 10.7. The average molecular weight is 299 g/mol. The Bertz CT molecular complexity index is 490. The maximum absolute atomic E-state index is 13.5. The molecule has 0 spiro atoms. The minimum Gasteiger partial charge on any atom is -0.395 e. The van der Waals surface area contributed by atoms with Gasteiger partial charge in [-0.05, 0) is 12.1 Å². The van der Waals surface area contributed by atoms with E-state index in [4.69, 9.17) is 5.73 Å². The van der Waals surface area contributed by atoms with Crippen LogP contribution in [0.2, 0.25) is 0 Å². The molecular weight excluding hydrogens is 287 g/mol. The Labute approximate surface area is 107 Å². The van der Waals surface area contributed by atoms with Crippen molar-refractivity contribution in [1.29, 1.82) is 0 Å². The van der Waals surface area contributed by atoms with Gasteiger partial charge in [0.05, 0.1) is 11.4 Å². The molecule has 17 heavy (non-hydrogen) atoms. The first-order valence-electron chi connectivity index (χ1n) is 5.20. The van der Waals surface area contributed by atoms with Crippen molar-refractivity contribution in [1.82, 2.24) is 0 Å². The fourth-order valence-corrected chi connectivity index (χ4v) is 2.34. The van der Waals surface area contributed by atoms with Crippen LogP contribution in [0, 0.1) is 11.7 Å². The number of amides is 1. The van der Waals surface area contributed by atoms with Gasteiger partial charge in [-0.2, -0.15) is 0 Å². The second-order valence-corrected chi connectivity index (χ2v) is 4.94. The van der Waals surface area contributed by atoms with Gasteiger partial charge in [-0.3, -0.25) is 4.79 Å².